The number of aromatic nitrogens is 3. The van der Waals surface area contributed by atoms with Gasteiger partial charge < -0.3 is 14.6 Å². The number of sulfone groups is 1. The van der Waals surface area contributed by atoms with Gasteiger partial charge in [-0.3, -0.25) is 9.78 Å². The van der Waals surface area contributed by atoms with Crippen LogP contribution in [0, 0.1) is 0 Å². The van der Waals surface area contributed by atoms with E-state index in [4.69, 9.17) is 9.72 Å². The van der Waals surface area contributed by atoms with Crippen LogP contribution < -0.4 is 4.74 Å². The Kier molecular flexibility index (Phi) is 5.80. The first-order valence-corrected chi connectivity index (χ1v) is 13.3. The Balaban J connectivity index is 1.61. The van der Waals surface area contributed by atoms with Gasteiger partial charge in [-0.25, -0.2) is 13.4 Å². The minimum absolute atomic E-state index is 0.0137. The Bertz CT molecular complexity index is 1500. The van der Waals surface area contributed by atoms with Gasteiger partial charge in [0.15, 0.2) is 15.7 Å². The molecular formula is C26H26N4O4S. The lowest BCUT2D eigenvalue weighted by Gasteiger charge is -2.29. The van der Waals surface area contributed by atoms with Crippen LogP contribution in [0.1, 0.15) is 38.3 Å². The van der Waals surface area contributed by atoms with E-state index in [1.54, 1.807) is 25.3 Å². The highest BCUT2D eigenvalue weighted by Crippen LogP contribution is 2.43. The second kappa shape index (κ2) is 8.81. The van der Waals surface area contributed by atoms with Crippen molar-refractivity contribution >= 4 is 26.8 Å². The van der Waals surface area contributed by atoms with E-state index in [9.17, 15) is 13.2 Å². The van der Waals surface area contributed by atoms with Crippen molar-refractivity contribution in [3.63, 3.8) is 0 Å². The molecule has 0 radical (unpaired) electrons. The maximum Gasteiger partial charge on any atom is 0.220 e. The Labute approximate surface area is 203 Å². The molecule has 2 atom stereocenters. The summed E-state index contributed by atoms with van der Waals surface area (Å²) in [6.07, 6.45) is 4.59. The van der Waals surface area contributed by atoms with E-state index >= 15 is 0 Å². The number of carbonyl (C=O) groups is 1. The predicted molar refractivity (Wildman–Crippen MR) is 133 cm³/mol. The summed E-state index contributed by atoms with van der Waals surface area (Å²) in [5.41, 5.74) is 3.12. The third-order valence-electron chi connectivity index (χ3n) is 6.39. The lowest BCUT2D eigenvalue weighted by Crippen LogP contribution is -2.33. The second-order valence-electron chi connectivity index (χ2n) is 8.92. The van der Waals surface area contributed by atoms with E-state index in [1.807, 2.05) is 35.2 Å². The number of amides is 1. The van der Waals surface area contributed by atoms with Crippen molar-refractivity contribution in [2.45, 2.75) is 43.7 Å². The summed E-state index contributed by atoms with van der Waals surface area (Å²) in [6, 6.07) is 15.8. The molecule has 0 aliphatic carbocycles. The molecule has 0 saturated carbocycles. The summed E-state index contributed by atoms with van der Waals surface area (Å²) in [7, 11) is -3.31. The molecule has 35 heavy (non-hydrogen) atoms. The third-order valence-corrected chi connectivity index (χ3v) is 7.52. The molecule has 1 fully saturated rings. The highest BCUT2D eigenvalue weighted by Gasteiger charge is 2.35. The van der Waals surface area contributed by atoms with Crippen LogP contribution >= 0.6 is 0 Å². The standard InChI is InChI=1S/C26H26N4O4S/c1-16-7-12-24(30(16)17(2)31)20-14-22-23(29-26(28-22)21-6-4-5-13-27-21)15-25(20)34-18-8-10-19(11-9-18)35(3,32)33/h4-6,8-11,13-16,24H,7,12H2,1-3H3,(H,28,29). The van der Waals surface area contributed by atoms with Crippen molar-refractivity contribution in [1.29, 1.82) is 0 Å². The van der Waals surface area contributed by atoms with Gasteiger partial charge in [0.1, 0.15) is 17.2 Å². The van der Waals surface area contributed by atoms with Crippen LogP contribution in [0.2, 0.25) is 0 Å². The summed E-state index contributed by atoms with van der Waals surface area (Å²) in [6.45, 7) is 3.64. The zero-order valence-corrected chi connectivity index (χ0v) is 20.5. The fraction of sp³-hybridized carbons (Fsp3) is 0.269. The number of nitrogens with one attached hydrogen (secondary N) is 1. The maximum atomic E-state index is 12.5. The molecule has 8 nitrogen and oxygen atoms in total. The fourth-order valence-electron chi connectivity index (χ4n) is 4.73. The summed E-state index contributed by atoms with van der Waals surface area (Å²) in [5, 5.41) is 0. The molecule has 2 unspecified atom stereocenters. The quantitative estimate of drug-likeness (QED) is 0.427. The number of likely N-dealkylation sites (tertiary alicyclic amines) is 1. The van der Waals surface area contributed by atoms with Crippen LogP contribution in [-0.4, -0.2) is 46.5 Å². The van der Waals surface area contributed by atoms with Crippen LogP contribution in [0.3, 0.4) is 0 Å². The minimum atomic E-state index is -3.31. The number of ether oxygens (including phenoxy) is 1. The Morgan fingerprint density at radius 2 is 1.89 bits per heavy atom. The highest BCUT2D eigenvalue weighted by atomic mass is 32.2. The molecule has 1 amide bonds. The van der Waals surface area contributed by atoms with Gasteiger partial charge in [-0.15, -0.1) is 0 Å². The largest absolute Gasteiger partial charge is 0.457 e. The SMILES string of the molecule is CC(=O)N1C(C)CCC1c1cc2nc(-c3ccccn3)[nH]c2cc1Oc1ccc(S(C)(=O)=O)cc1. The lowest BCUT2D eigenvalue weighted by molar-refractivity contribution is -0.131. The van der Waals surface area contributed by atoms with E-state index in [0.717, 1.165) is 35.1 Å². The fourth-order valence-corrected chi connectivity index (χ4v) is 5.36. The minimum Gasteiger partial charge on any atom is -0.457 e. The first-order valence-electron chi connectivity index (χ1n) is 11.4. The molecule has 3 heterocycles. The van der Waals surface area contributed by atoms with Crippen molar-refractivity contribution in [2.75, 3.05) is 6.26 Å². The summed E-state index contributed by atoms with van der Waals surface area (Å²) in [5.74, 6) is 1.75. The molecule has 1 saturated heterocycles. The Morgan fingerprint density at radius 1 is 1.11 bits per heavy atom. The van der Waals surface area contributed by atoms with E-state index in [2.05, 4.69) is 16.9 Å². The number of aromatic amines is 1. The summed E-state index contributed by atoms with van der Waals surface area (Å²) < 4.78 is 29.9. The normalized spacial score (nSPS) is 18.2. The number of imidazole rings is 1. The van der Waals surface area contributed by atoms with E-state index in [0.29, 0.717) is 17.3 Å². The van der Waals surface area contributed by atoms with Crippen molar-refractivity contribution in [2.24, 2.45) is 0 Å². The average Bonchev–Trinajstić information content (AvgIpc) is 3.42. The van der Waals surface area contributed by atoms with Crippen molar-refractivity contribution in [3.05, 3.63) is 66.4 Å². The number of hydrogen-bond acceptors (Lipinski definition) is 6. The van der Waals surface area contributed by atoms with E-state index in [-0.39, 0.29) is 22.9 Å². The number of H-pyrrole nitrogens is 1. The molecule has 2 aromatic carbocycles. The van der Waals surface area contributed by atoms with E-state index < -0.39 is 9.84 Å². The van der Waals surface area contributed by atoms with E-state index in [1.165, 1.54) is 18.4 Å². The number of hydrogen-bond donors (Lipinski definition) is 1. The molecule has 180 valence electrons. The Hall–Kier alpha value is -3.72. The second-order valence-corrected chi connectivity index (χ2v) is 10.9. The smallest absolute Gasteiger partial charge is 0.220 e. The van der Waals surface area contributed by atoms with Crippen molar-refractivity contribution in [3.8, 4) is 23.0 Å². The van der Waals surface area contributed by atoms with Crippen LogP contribution in [0.5, 0.6) is 11.5 Å². The number of carbonyl (C=O) groups excluding carboxylic acids is 1. The topological polar surface area (TPSA) is 105 Å². The van der Waals surface area contributed by atoms with Crippen LogP contribution in [-0.2, 0) is 14.6 Å². The number of nitrogens with zero attached hydrogens (tertiary/aromatic N) is 3. The van der Waals surface area contributed by atoms with Crippen LogP contribution in [0.15, 0.2) is 65.7 Å². The molecule has 4 aromatic rings. The van der Waals surface area contributed by atoms with Gasteiger partial charge >= 0.3 is 0 Å². The molecule has 1 N–H and O–H groups in total. The lowest BCUT2D eigenvalue weighted by atomic mass is 10.0. The molecule has 2 aromatic heterocycles. The van der Waals surface area contributed by atoms with Gasteiger partial charge in [0.05, 0.1) is 22.0 Å². The van der Waals surface area contributed by atoms with Gasteiger partial charge in [0.25, 0.3) is 0 Å². The maximum absolute atomic E-state index is 12.5. The number of rotatable bonds is 5. The van der Waals surface area contributed by atoms with Gasteiger partial charge in [0, 0.05) is 37.0 Å². The van der Waals surface area contributed by atoms with Crippen LogP contribution in [0.4, 0.5) is 0 Å². The monoisotopic (exact) mass is 490 g/mol. The van der Waals surface area contributed by atoms with Gasteiger partial charge in [-0.2, -0.15) is 0 Å². The molecule has 0 spiro atoms. The third kappa shape index (κ3) is 4.51. The summed E-state index contributed by atoms with van der Waals surface area (Å²) >= 11 is 0. The molecular weight excluding hydrogens is 464 g/mol. The van der Waals surface area contributed by atoms with Crippen LogP contribution in [0.25, 0.3) is 22.6 Å². The molecule has 0 bridgehead atoms. The van der Waals surface area contributed by atoms with Crippen molar-refractivity contribution < 1.29 is 17.9 Å². The molecule has 9 heteroatoms. The van der Waals surface area contributed by atoms with Gasteiger partial charge in [-0.1, -0.05) is 6.07 Å². The van der Waals surface area contributed by atoms with Gasteiger partial charge in [-0.05, 0) is 62.2 Å². The predicted octanol–water partition coefficient (Wildman–Crippen LogP) is 4.89. The average molecular weight is 491 g/mol. The number of pyridine rings is 1. The van der Waals surface area contributed by atoms with Gasteiger partial charge in [0.2, 0.25) is 5.91 Å². The molecule has 1 aliphatic rings. The number of fused-ring (bicyclic) bond motifs is 1. The first kappa shape index (κ1) is 23.0. The highest BCUT2D eigenvalue weighted by molar-refractivity contribution is 7.90. The zero-order valence-electron chi connectivity index (χ0n) is 19.7. The zero-order chi connectivity index (χ0) is 24.7. The number of benzene rings is 2. The molecule has 1 aliphatic heterocycles. The van der Waals surface area contributed by atoms with Crippen molar-refractivity contribution in [1.82, 2.24) is 19.9 Å². The summed E-state index contributed by atoms with van der Waals surface area (Å²) in [4.78, 5) is 27.1. The molecule has 5 rings (SSSR count). The Morgan fingerprint density at radius 3 is 2.54 bits per heavy atom. The first-order chi connectivity index (χ1) is 16.7.